The summed E-state index contributed by atoms with van der Waals surface area (Å²) in [6, 6.07) is 9.90. The van der Waals surface area contributed by atoms with Gasteiger partial charge in [0.1, 0.15) is 11.6 Å². The second-order valence-electron chi connectivity index (χ2n) is 7.12. The predicted molar refractivity (Wildman–Crippen MR) is 113 cm³/mol. The van der Waals surface area contributed by atoms with Crippen LogP contribution in [0.4, 0.5) is 5.69 Å². The molecule has 0 atom stereocenters. The highest BCUT2D eigenvalue weighted by molar-refractivity contribution is 5.94. The van der Waals surface area contributed by atoms with E-state index in [1.54, 1.807) is 14.0 Å². The number of likely N-dealkylation sites (tertiary alicyclic amines) is 1. The minimum Gasteiger partial charge on any atom is -0.463 e. The van der Waals surface area contributed by atoms with Gasteiger partial charge in [0.2, 0.25) is 0 Å². The molecule has 0 saturated carbocycles. The van der Waals surface area contributed by atoms with Crippen molar-refractivity contribution < 1.29 is 9.53 Å². The van der Waals surface area contributed by atoms with Gasteiger partial charge in [-0.15, -0.1) is 0 Å². The van der Waals surface area contributed by atoms with Gasteiger partial charge in [0.05, 0.1) is 17.8 Å². The quantitative estimate of drug-likeness (QED) is 0.598. The number of aryl methyl sites for hydroxylation is 1. The maximum Gasteiger partial charge on any atom is 0.330 e. The van der Waals surface area contributed by atoms with Crippen molar-refractivity contribution in [1.82, 2.24) is 9.47 Å². The molecule has 1 aromatic carbocycles. The number of nitrogens with one attached hydrogen (secondary N) is 1. The summed E-state index contributed by atoms with van der Waals surface area (Å²) in [7, 11) is 1.69. The van der Waals surface area contributed by atoms with Gasteiger partial charge in [0.25, 0.3) is 5.56 Å². The number of carbonyl (C=O) groups excluding carboxylic acids is 1. The highest BCUT2D eigenvalue weighted by Gasteiger charge is 2.22. The van der Waals surface area contributed by atoms with Gasteiger partial charge in [0, 0.05) is 44.2 Å². The average molecular weight is 394 g/mol. The van der Waals surface area contributed by atoms with Gasteiger partial charge in [-0.05, 0) is 25.8 Å². The van der Waals surface area contributed by atoms with Gasteiger partial charge in [0.15, 0.2) is 0 Å². The number of hydrogen-bond acceptors (Lipinski definition) is 6. The summed E-state index contributed by atoms with van der Waals surface area (Å²) < 4.78 is 6.41. The first-order valence-corrected chi connectivity index (χ1v) is 9.89. The molecule has 1 fully saturated rings. The van der Waals surface area contributed by atoms with Crippen molar-refractivity contribution in [3.05, 3.63) is 52.3 Å². The van der Waals surface area contributed by atoms with E-state index in [0.29, 0.717) is 18.8 Å². The highest BCUT2D eigenvalue weighted by Crippen LogP contribution is 2.27. The molecular weight excluding hydrogens is 368 g/mol. The smallest absolute Gasteiger partial charge is 0.330 e. The van der Waals surface area contributed by atoms with Crippen molar-refractivity contribution in [2.75, 3.05) is 31.6 Å². The third-order valence-electron chi connectivity index (χ3n) is 5.26. The van der Waals surface area contributed by atoms with E-state index in [9.17, 15) is 14.9 Å². The van der Waals surface area contributed by atoms with E-state index in [4.69, 9.17) is 4.74 Å². The highest BCUT2D eigenvalue weighted by atomic mass is 16.5. The normalized spacial score (nSPS) is 15.5. The third-order valence-corrected chi connectivity index (χ3v) is 5.26. The second kappa shape index (κ2) is 9.39. The van der Waals surface area contributed by atoms with Crippen LogP contribution in [0.25, 0.3) is 10.9 Å². The van der Waals surface area contributed by atoms with Gasteiger partial charge < -0.3 is 14.6 Å². The molecule has 7 nitrogen and oxygen atoms in total. The lowest BCUT2D eigenvalue weighted by atomic mass is 10.0. The Morgan fingerprint density at radius 2 is 2.07 bits per heavy atom. The van der Waals surface area contributed by atoms with E-state index in [-0.39, 0.29) is 23.1 Å². The van der Waals surface area contributed by atoms with E-state index >= 15 is 0 Å². The van der Waals surface area contributed by atoms with Gasteiger partial charge >= 0.3 is 5.97 Å². The number of nitriles is 1. The van der Waals surface area contributed by atoms with E-state index in [0.717, 1.165) is 36.8 Å². The molecule has 2 heterocycles. The average Bonchev–Trinajstić information content (AvgIpc) is 2.73. The molecule has 0 aliphatic carbocycles. The Morgan fingerprint density at radius 3 is 2.76 bits per heavy atom. The zero-order valence-electron chi connectivity index (χ0n) is 16.9. The fourth-order valence-electron chi connectivity index (χ4n) is 3.70. The van der Waals surface area contributed by atoms with Crippen LogP contribution in [-0.4, -0.2) is 47.7 Å². The fourth-order valence-corrected chi connectivity index (χ4v) is 3.70. The number of piperidine rings is 1. The number of ether oxygens (including phenoxy) is 1. The minimum absolute atomic E-state index is 0.158. The standard InChI is InChI=1S/C22H26N4O3/c1-3-29-20(27)9-6-12-26-13-10-16(11-14-26)24-21-17-7-4-5-8-19(17)25(2)22(28)18(21)15-23/h4-9,16,24H,3,10-14H2,1-2H3/b9-6+. The van der Waals surface area contributed by atoms with Crippen LogP contribution in [0, 0.1) is 11.3 Å². The summed E-state index contributed by atoms with van der Waals surface area (Å²) in [6.07, 6.45) is 5.08. The summed E-state index contributed by atoms with van der Waals surface area (Å²) in [6.45, 7) is 4.60. The molecule has 1 saturated heterocycles. The molecule has 1 aliphatic rings. The first kappa shape index (κ1) is 20.6. The summed E-state index contributed by atoms with van der Waals surface area (Å²) in [4.78, 5) is 26.2. The second-order valence-corrected chi connectivity index (χ2v) is 7.12. The van der Waals surface area contributed by atoms with Gasteiger partial charge in [-0.1, -0.05) is 24.3 Å². The van der Waals surface area contributed by atoms with Crippen molar-refractivity contribution >= 4 is 22.6 Å². The van der Waals surface area contributed by atoms with Crippen molar-refractivity contribution in [3.8, 4) is 6.07 Å². The van der Waals surface area contributed by atoms with Crippen molar-refractivity contribution in [2.24, 2.45) is 7.05 Å². The van der Waals surface area contributed by atoms with Crippen LogP contribution in [0.2, 0.25) is 0 Å². The molecule has 1 N–H and O–H groups in total. The number of nitrogens with zero attached hydrogens (tertiary/aromatic N) is 3. The van der Waals surface area contributed by atoms with Crippen molar-refractivity contribution in [2.45, 2.75) is 25.8 Å². The largest absolute Gasteiger partial charge is 0.463 e. The summed E-state index contributed by atoms with van der Waals surface area (Å²) in [5.41, 5.74) is 1.31. The van der Waals surface area contributed by atoms with Crippen LogP contribution in [0.3, 0.4) is 0 Å². The van der Waals surface area contributed by atoms with Crippen LogP contribution >= 0.6 is 0 Å². The SMILES string of the molecule is CCOC(=O)/C=C/CN1CCC(Nc2c(C#N)c(=O)n(C)c3ccccc23)CC1. The number of fused-ring (bicyclic) bond motifs is 1. The van der Waals surface area contributed by atoms with Gasteiger partial charge in [-0.2, -0.15) is 5.26 Å². The number of anilines is 1. The summed E-state index contributed by atoms with van der Waals surface area (Å²) in [5.74, 6) is -0.314. The number of pyridine rings is 1. The Balaban J connectivity index is 1.69. The molecule has 29 heavy (non-hydrogen) atoms. The zero-order valence-corrected chi connectivity index (χ0v) is 16.9. The maximum absolute atomic E-state index is 12.6. The predicted octanol–water partition coefficient (Wildman–Crippen LogP) is 2.41. The van der Waals surface area contributed by atoms with E-state index in [1.165, 1.54) is 10.6 Å². The van der Waals surface area contributed by atoms with Gasteiger partial charge in [-0.3, -0.25) is 9.69 Å². The molecule has 1 aromatic heterocycles. The van der Waals surface area contributed by atoms with E-state index < -0.39 is 0 Å². The topological polar surface area (TPSA) is 87.4 Å². The molecule has 152 valence electrons. The van der Waals surface area contributed by atoms with Crippen LogP contribution in [0.5, 0.6) is 0 Å². The lowest BCUT2D eigenvalue weighted by Crippen LogP contribution is -2.39. The van der Waals surface area contributed by atoms with Gasteiger partial charge in [-0.25, -0.2) is 4.79 Å². The molecule has 2 aromatic rings. The number of rotatable bonds is 6. The number of benzene rings is 1. The van der Waals surface area contributed by atoms with Crippen molar-refractivity contribution in [1.29, 1.82) is 5.26 Å². The minimum atomic E-state index is -0.314. The van der Waals surface area contributed by atoms with Crippen molar-refractivity contribution in [3.63, 3.8) is 0 Å². The first-order valence-electron chi connectivity index (χ1n) is 9.89. The number of esters is 1. The molecule has 0 unspecified atom stereocenters. The molecule has 0 spiro atoms. The molecule has 3 rings (SSSR count). The molecule has 7 heteroatoms. The Hall–Kier alpha value is -3.11. The Morgan fingerprint density at radius 1 is 1.34 bits per heavy atom. The van der Waals surface area contributed by atoms with Crippen LogP contribution in [-0.2, 0) is 16.6 Å². The molecule has 1 aliphatic heterocycles. The van der Waals surface area contributed by atoms with E-state index in [2.05, 4.69) is 16.3 Å². The number of hydrogen-bond donors (Lipinski definition) is 1. The molecule has 0 bridgehead atoms. The zero-order chi connectivity index (χ0) is 20.8. The lowest BCUT2D eigenvalue weighted by Gasteiger charge is -2.32. The third kappa shape index (κ3) is 4.66. The summed E-state index contributed by atoms with van der Waals surface area (Å²) in [5, 5.41) is 13.9. The Labute approximate surface area is 170 Å². The van der Waals surface area contributed by atoms with Crippen LogP contribution in [0.1, 0.15) is 25.3 Å². The number of aromatic nitrogens is 1. The lowest BCUT2D eigenvalue weighted by molar-refractivity contribution is -0.137. The first-order chi connectivity index (χ1) is 14.0. The Bertz CT molecular complexity index is 1010. The Kier molecular flexibility index (Phi) is 6.68. The molecule has 0 amide bonds. The van der Waals surface area contributed by atoms with E-state index in [1.807, 2.05) is 30.3 Å². The molecular formula is C22H26N4O3. The van der Waals surface area contributed by atoms with Crippen LogP contribution < -0.4 is 10.9 Å². The fraction of sp³-hybridized carbons (Fsp3) is 0.409. The number of carbonyl (C=O) groups is 1. The summed E-state index contributed by atoms with van der Waals surface area (Å²) >= 11 is 0. The van der Waals surface area contributed by atoms with Crippen LogP contribution in [0.15, 0.2) is 41.2 Å². The number of para-hydroxylation sites is 1. The maximum atomic E-state index is 12.6. The monoisotopic (exact) mass is 394 g/mol. The molecule has 0 radical (unpaired) electrons.